The van der Waals surface area contributed by atoms with Gasteiger partial charge in [-0.1, -0.05) is 6.42 Å². The highest BCUT2D eigenvalue weighted by Gasteiger charge is 2.24. The van der Waals surface area contributed by atoms with Crippen LogP contribution in [0.3, 0.4) is 0 Å². The van der Waals surface area contributed by atoms with E-state index in [1.165, 1.54) is 38.6 Å². The lowest BCUT2D eigenvalue weighted by atomic mass is 9.85. The summed E-state index contributed by atoms with van der Waals surface area (Å²) in [6, 6.07) is 0.558. The Morgan fingerprint density at radius 2 is 2.15 bits per heavy atom. The predicted molar refractivity (Wildman–Crippen MR) is 53.8 cm³/mol. The van der Waals surface area contributed by atoms with E-state index in [9.17, 15) is 0 Å². The van der Waals surface area contributed by atoms with E-state index in [1.807, 2.05) is 0 Å². The summed E-state index contributed by atoms with van der Waals surface area (Å²) in [6.07, 6.45) is 7.30. The molecule has 1 aliphatic carbocycles. The molecule has 2 heteroatoms. The minimum absolute atomic E-state index is 0.486. The third-order valence-corrected chi connectivity index (χ3v) is 3.48. The molecule has 1 heterocycles. The molecule has 0 bridgehead atoms. The van der Waals surface area contributed by atoms with Gasteiger partial charge in [0.2, 0.25) is 0 Å². The van der Waals surface area contributed by atoms with E-state index in [-0.39, 0.29) is 0 Å². The molecule has 0 spiro atoms. The smallest absolute Gasteiger partial charge is 0.0726 e. The number of hydrogen-bond donors (Lipinski definition) is 1. The van der Waals surface area contributed by atoms with E-state index < -0.39 is 0 Å². The first-order chi connectivity index (χ1) is 6.36. The second-order valence-corrected chi connectivity index (χ2v) is 4.55. The molecule has 0 aromatic heterocycles. The summed E-state index contributed by atoms with van der Waals surface area (Å²) in [5.41, 5.74) is 0. The molecule has 1 aliphatic heterocycles. The highest BCUT2D eigenvalue weighted by Crippen LogP contribution is 2.25. The molecule has 13 heavy (non-hydrogen) atoms. The van der Waals surface area contributed by atoms with Gasteiger partial charge in [-0.05, 0) is 45.1 Å². The molecule has 2 rings (SSSR count). The van der Waals surface area contributed by atoms with Crippen LogP contribution in [-0.2, 0) is 4.74 Å². The van der Waals surface area contributed by atoms with Crippen LogP contribution in [0.1, 0.15) is 39.0 Å². The van der Waals surface area contributed by atoms with Gasteiger partial charge in [0, 0.05) is 12.6 Å². The van der Waals surface area contributed by atoms with Crippen LogP contribution in [0.25, 0.3) is 0 Å². The Hall–Kier alpha value is -0.0800. The molecule has 1 saturated heterocycles. The van der Waals surface area contributed by atoms with Gasteiger partial charge in [0.15, 0.2) is 0 Å². The van der Waals surface area contributed by atoms with Crippen molar-refractivity contribution < 1.29 is 4.74 Å². The van der Waals surface area contributed by atoms with Gasteiger partial charge in [0.1, 0.15) is 0 Å². The summed E-state index contributed by atoms with van der Waals surface area (Å²) in [6.45, 7) is 4.44. The van der Waals surface area contributed by atoms with Crippen LogP contribution in [0.15, 0.2) is 0 Å². The van der Waals surface area contributed by atoms with E-state index in [0.717, 1.165) is 12.5 Å². The van der Waals surface area contributed by atoms with Crippen molar-refractivity contribution in [3.8, 4) is 0 Å². The topological polar surface area (TPSA) is 21.3 Å². The molecule has 1 saturated carbocycles. The van der Waals surface area contributed by atoms with Gasteiger partial charge < -0.3 is 10.1 Å². The Bertz CT molecular complexity index is 150. The monoisotopic (exact) mass is 183 g/mol. The van der Waals surface area contributed by atoms with Crippen LogP contribution < -0.4 is 5.32 Å². The van der Waals surface area contributed by atoms with Crippen LogP contribution in [0.4, 0.5) is 0 Å². The maximum Gasteiger partial charge on any atom is 0.0726 e. The van der Waals surface area contributed by atoms with Crippen molar-refractivity contribution in [3.05, 3.63) is 0 Å². The molecule has 0 aromatic carbocycles. The van der Waals surface area contributed by atoms with Gasteiger partial charge in [-0.25, -0.2) is 0 Å². The fraction of sp³-hybridized carbons (Fsp3) is 1.00. The number of hydrogen-bond acceptors (Lipinski definition) is 2. The maximum atomic E-state index is 5.64. The van der Waals surface area contributed by atoms with Crippen LogP contribution in [0.5, 0.6) is 0 Å². The van der Waals surface area contributed by atoms with Gasteiger partial charge in [-0.3, -0.25) is 0 Å². The van der Waals surface area contributed by atoms with E-state index in [2.05, 4.69) is 12.2 Å². The third kappa shape index (κ3) is 2.44. The van der Waals surface area contributed by atoms with Crippen molar-refractivity contribution >= 4 is 0 Å². The SMILES string of the molecule is CC(NCC1CCC1)C1CCCO1. The number of nitrogens with one attached hydrogen (secondary N) is 1. The third-order valence-electron chi connectivity index (χ3n) is 3.48. The molecule has 1 N–H and O–H groups in total. The average Bonchev–Trinajstić information content (AvgIpc) is 2.52. The Morgan fingerprint density at radius 1 is 1.31 bits per heavy atom. The van der Waals surface area contributed by atoms with E-state index in [1.54, 1.807) is 0 Å². The highest BCUT2D eigenvalue weighted by molar-refractivity contribution is 4.79. The van der Waals surface area contributed by atoms with Gasteiger partial charge in [0.05, 0.1) is 6.10 Å². The molecule has 2 unspecified atom stereocenters. The first kappa shape index (κ1) is 9.47. The molecule has 2 aliphatic rings. The van der Waals surface area contributed by atoms with E-state index in [0.29, 0.717) is 12.1 Å². The highest BCUT2D eigenvalue weighted by atomic mass is 16.5. The first-order valence-electron chi connectivity index (χ1n) is 5.71. The fourth-order valence-electron chi connectivity index (χ4n) is 2.18. The van der Waals surface area contributed by atoms with Crippen molar-refractivity contribution in [1.29, 1.82) is 0 Å². The summed E-state index contributed by atoms with van der Waals surface area (Å²) >= 11 is 0. The number of ether oxygens (including phenoxy) is 1. The quantitative estimate of drug-likeness (QED) is 0.719. The molecular weight excluding hydrogens is 162 g/mol. The summed E-state index contributed by atoms with van der Waals surface area (Å²) in [7, 11) is 0. The van der Waals surface area contributed by atoms with Crippen LogP contribution in [-0.4, -0.2) is 25.3 Å². The second kappa shape index (κ2) is 4.43. The van der Waals surface area contributed by atoms with Gasteiger partial charge in [-0.2, -0.15) is 0 Å². The molecule has 76 valence electrons. The normalized spacial score (nSPS) is 31.6. The van der Waals surface area contributed by atoms with E-state index in [4.69, 9.17) is 4.74 Å². The first-order valence-corrected chi connectivity index (χ1v) is 5.71. The lowest BCUT2D eigenvalue weighted by molar-refractivity contribution is 0.0805. The van der Waals surface area contributed by atoms with Crippen molar-refractivity contribution in [1.82, 2.24) is 5.32 Å². The fourth-order valence-corrected chi connectivity index (χ4v) is 2.18. The zero-order chi connectivity index (χ0) is 9.10. The van der Waals surface area contributed by atoms with Crippen LogP contribution in [0.2, 0.25) is 0 Å². The standard InChI is InChI=1S/C11H21NO/c1-9(11-6-3-7-13-11)12-8-10-4-2-5-10/h9-12H,2-8H2,1H3. The lowest BCUT2D eigenvalue weighted by Crippen LogP contribution is -2.40. The molecule has 2 nitrogen and oxygen atoms in total. The second-order valence-electron chi connectivity index (χ2n) is 4.55. The van der Waals surface area contributed by atoms with Gasteiger partial charge >= 0.3 is 0 Å². The lowest BCUT2D eigenvalue weighted by Gasteiger charge is -2.28. The zero-order valence-electron chi connectivity index (χ0n) is 8.59. The maximum absolute atomic E-state index is 5.64. The molecule has 0 radical (unpaired) electrons. The van der Waals surface area contributed by atoms with E-state index >= 15 is 0 Å². The minimum Gasteiger partial charge on any atom is -0.377 e. The summed E-state index contributed by atoms with van der Waals surface area (Å²) in [5, 5.41) is 3.60. The van der Waals surface area contributed by atoms with Gasteiger partial charge in [0.25, 0.3) is 0 Å². The number of rotatable bonds is 4. The average molecular weight is 183 g/mol. The molecular formula is C11H21NO. The Morgan fingerprint density at radius 3 is 2.69 bits per heavy atom. The van der Waals surface area contributed by atoms with Crippen molar-refractivity contribution in [2.24, 2.45) is 5.92 Å². The molecule has 0 amide bonds. The summed E-state index contributed by atoms with van der Waals surface area (Å²) in [4.78, 5) is 0. The largest absolute Gasteiger partial charge is 0.377 e. The molecule has 2 fully saturated rings. The predicted octanol–water partition coefficient (Wildman–Crippen LogP) is 1.94. The van der Waals surface area contributed by atoms with Crippen molar-refractivity contribution in [3.63, 3.8) is 0 Å². The van der Waals surface area contributed by atoms with Crippen LogP contribution in [0, 0.1) is 5.92 Å². The van der Waals surface area contributed by atoms with Gasteiger partial charge in [-0.15, -0.1) is 0 Å². The Balaban J connectivity index is 1.62. The zero-order valence-corrected chi connectivity index (χ0v) is 8.59. The molecule has 0 aromatic rings. The summed E-state index contributed by atoms with van der Waals surface area (Å²) in [5.74, 6) is 0.962. The van der Waals surface area contributed by atoms with Crippen molar-refractivity contribution in [2.75, 3.05) is 13.2 Å². The van der Waals surface area contributed by atoms with Crippen LogP contribution >= 0.6 is 0 Å². The molecule has 2 atom stereocenters. The Kier molecular flexibility index (Phi) is 3.23. The van der Waals surface area contributed by atoms with Crippen molar-refractivity contribution in [2.45, 2.75) is 51.2 Å². The summed E-state index contributed by atoms with van der Waals surface area (Å²) < 4.78 is 5.64. The Labute approximate surface area is 81.0 Å². The minimum atomic E-state index is 0.486.